The number of fused-ring (bicyclic) bond motifs is 3. The van der Waals surface area contributed by atoms with Gasteiger partial charge >= 0.3 is 17.4 Å². The Hall–Kier alpha value is -10.5. The molecule has 10 heterocycles. The zero-order chi connectivity index (χ0) is 84.4. The van der Waals surface area contributed by atoms with E-state index in [1.54, 1.807) is 81.6 Å². The summed E-state index contributed by atoms with van der Waals surface area (Å²) in [6.45, 7) is 42.4. The normalized spacial score (nSPS) is 13.6. The third kappa shape index (κ3) is 42.2. The molecule has 7 aliphatic rings. The van der Waals surface area contributed by atoms with Gasteiger partial charge in [0.2, 0.25) is 17.7 Å². The van der Waals surface area contributed by atoms with Crippen LogP contribution in [0.4, 0.5) is 10.5 Å². The molecule has 116 heavy (non-hydrogen) atoms. The van der Waals surface area contributed by atoms with E-state index < -0.39 is 5.54 Å². The number of allylic oxidation sites excluding steroid dienone is 1. The number of urea groups is 1. The topological polar surface area (TPSA) is 268 Å². The molecule has 0 spiro atoms. The molecule has 26 heteroatoms. The van der Waals surface area contributed by atoms with E-state index in [0.29, 0.717) is 29.9 Å². The van der Waals surface area contributed by atoms with Crippen LogP contribution in [-0.4, -0.2) is 190 Å². The van der Waals surface area contributed by atoms with Gasteiger partial charge in [-0.2, -0.15) is 0 Å². The highest BCUT2D eigenvalue weighted by molar-refractivity contribution is 6.21. The molecular formula is C90H168N14O12. The molecule has 0 saturated carbocycles. The fourth-order valence-corrected chi connectivity index (χ4v) is 9.01. The zero-order valence-electron chi connectivity index (χ0n) is 70.8. The average molecular weight is 1640 g/mol. The van der Waals surface area contributed by atoms with E-state index in [0.717, 1.165) is 56.2 Å². The van der Waals surface area contributed by atoms with Crippen LogP contribution in [0.25, 0.3) is 0 Å². The van der Waals surface area contributed by atoms with E-state index >= 15 is 0 Å². The average Bonchev–Trinajstić information content (AvgIpc) is 1.61. The minimum absolute atomic E-state index is 0. The number of imidazole rings is 1. The minimum atomic E-state index is -0.675. The van der Waals surface area contributed by atoms with Crippen molar-refractivity contribution in [2.75, 3.05) is 67.8 Å². The monoisotopic (exact) mass is 1640 g/mol. The van der Waals surface area contributed by atoms with Gasteiger partial charge in [-0.25, -0.2) is 33.3 Å². The van der Waals surface area contributed by atoms with Gasteiger partial charge in [-0.3, -0.25) is 62.8 Å². The van der Waals surface area contributed by atoms with Crippen LogP contribution < -0.4 is 16.3 Å². The molecule has 26 nitrogen and oxygen atoms in total. The Balaban J connectivity index is -0.0000000812. The van der Waals surface area contributed by atoms with Crippen LogP contribution in [0.5, 0.6) is 0 Å². The molecule has 11 amide bonds. The molecule has 13 rings (SSSR count). The number of hydrogen-bond acceptors (Lipinski definition) is 14. The van der Waals surface area contributed by atoms with Gasteiger partial charge in [0.25, 0.3) is 35.4 Å². The molecule has 6 aromatic rings. The highest BCUT2D eigenvalue weighted by atomic mass is 16.2. The summed E-state index contributed by atoms with van der Waals surface area (Å²) in [7, 11) is 21.8. The third-order valence-corrected chi connectivity index (χ3v) is 15.6. The van der Waals surface area contributed by atoms with Gasteiger partial charge in [-0.15, -0.1) is 0 Å². The number of anilines is 1. The van der Waals surface area contributed by atoms with Crippen molar-refractivity contribution < 1.29 is 47.9 Å². The molecule has 0 radical (unpaired) electrons. The second-order valence-corrected chi connectivity index (χ2v) is 22.2. The van der Waals surface area contributed by atoms with E-state index in [-0.39, 0.29) is 138 Å². The molecule has 0 bridgehead atoms. The Labute approximate surface area is 706 Å². The minimum Gasteiger partial charge on any atom is -0.357 e. The second kappa shape index (κ2) is 74.6. The largest absolute Gasteiger partial charge is 0.357 e. The molecule has 3 saturated heterocycles. The van der Waals surface area contributed by atoms with Crippen LogP contribution in [0.1, 0.15) is 272 Å². The van der Waals surface area contributed by atoms with Crippen LogP contribution in [-0.2, 0) is 70.4 Å². The van der Waals surface area contributed by atoms with Crippen LogP contribution in [0.15, 0.2) is 150 Å². The highest BCUT2D eigenvalue weighted by Gasteiger charge is 2.47. The van der Waals surface area contributed by atoms with Gasteiger partial charge in [0, 0.05) is 178 Å². The first kappa shape index (κ1) is 138. The Morgan fingerprint density at radius 1 is 0.414 bits per heavy atom. The molecule has 670 valence electrons. The van der Waals surface area contributed by atoms with Crippen molar-refractivity contribution in [2.24, 2.45) is 35.2 Å². The van der Waals surface area contributed by atoms with Gasteiger partial charge in [-0.05, 0) is 74.7 Å². The number of carbonyl (C=O) groups excluding carboxylic acids is 10. The van der Waals surface area contributed by atoms with Crippen LogP contribution in [0, 0.1) is 0 Å². The van der Waals surface area contributed by atoms with Crippen molar-refractivity contribution in [2.45, 2.75) is 242 Å². The number of likely N-dealkylation sites (tertiary alicyclic amines) is 2. The lowest BCUT2D eigenvalue weighted by Crippen LogP contribution is -2.41. The summed E-state index contributed by atoms with van der Waals surface area (Å²) in [4.78, 5) is 146. The fourth-order valence-electron chi connectivity index (χ4n) is 9.01. The molecule has 3 aromatic heterocycles. The lowest BCUT2D eigenvalue weighted by atomic mass is 10.1. The SMILES string of the molecule is C.C.C.C.C.C.C.C.C.C=C1Cc2ccccc2N1C.CC.CC.CC.CC.CC.CC.CC.CC.CC1c2ccccc2C(=O)N1C.CN1C(=O)C=CC1=O.CN1C(=O)CCC1=O.CN1C(=O)N(C)C(C)(C)C1=O.CN1C(=O)c2ccccc2C1=O.CN1CCCC1=O.Cn1c(=O)n(C)n(C)c1=O.Cn1cccc1.Cn1ccnc1. The number of aryl methyl sites for hydroxylation is 2. The van der Waals surface area contributed by atoms with E-state index in [4.69, 9.17) is 0 Å². The number of carbonyl (C=O) groups is 10. The number of imide groups is 4. The van der Waals surface area contributed by atoms with E-state index in [2.05, 4.69) is 47.8 Å². The summed E-state index contributed by atoms with van der Waals surface area (Å²) in [5.41, 5.74) is 5.61. The van der Waals surface area contributed by atoms with Crippen molar-refractivity contribution in [1.29, 1.82) is 0 Å². The van der Waals surface area contributed by atoms with Crippen LogP contribution in [0.2, 0.25) is 0 Å². The fraction of sp³-hybridized carbons (Fsp3) is 0.544. The van der Waals surface area contributed by atoms with Crippen molar-refractivity contribution in [1.82, 2.24) is 62.3 Å². The third-order valence-electron chi connectivity index (χ3n) is 15.6. The molecule has 3 fully saturated rings. The van der Waals surface area contributed by atoms with Gasteiger partial charge in [0.15, 0.2) is 0 Å². The number of aromatic nitrogens is 6. The molecule has 1 atom stereocenters. The van der Waals surface area contributed by atoms with Crippen molar-refractivity contribution in [3.05, 3.63) is 189 Å². The number of benzene rings is 3. The lowest BCUT2D eigenvalue weighted by Gasteiger charge is -2.22. The van der Waals surface area contributed by atoms with E-state index in [1.807, 2.05) is 210 Å². The van der Waals surface area contributed by atoms with E-state index in [1.165, 1.54) is 83.5 Å². The number of amides is 11. The summed E-state index contributed by atoms with van der Waals surface area (Å²) in [5.74, 6) is -0.746. The van der Waals surface area contributed by atoms with Crippen molar-refractivity contribution in [3.8, 4) is 0 Å². The molecule has 1 unspecified atom stereocenters. The van der Waals surface area contributed by atoms with Crippen LogP contribution >= 0.6 is 0 Å². The summed E-state index contributed by atoms with van der Waals surface area (Å²) in [5, 5.41) is 0. The second-order valence-electron chi connectivity index (χ2n) is 22.2. The van der Waals surface area contributed by atoms with Gasteiger partial charge < -0.3 is 28.7 Å². The predicted octanol–water partition coefficient (Wildman–Crippen LogP) is 18.6. The van der Waals surface area contributed by atoms with Crippen molar-refractivity contribution in [3.63, 3.8) is 0 Å². The molecule has 7 aliphatic heterocycles. The van der Waals surface area contributed by atoms with Gasteiger partial charge in [-0.1, -0.05) is 233 Å². The quantitative estimate of drug-likeness (QED) is 0.101. The van der Waals surface area contributed by atoms with Crippen molar-refractivity contribution >= 4 is 64.9 Å². The summed E-state index contributed by atoms with van der Waals surface area (Å²) >= 11 is 0. The Kier molecular flexibility index (Phi) is 88.4. The number of hydrogen-bond donors (Lipinski definition) is 0. The summed E-state index contributed by atoms with van der Waals surface area (Å²) in [6.07, 6.45) is 15.5. The maximum absolute atomic E-state index is 11.5. The number of likely N-dealkylation sites (N-methyl/N-ethyl adjacent to an activating group) is 4. The number of nitrogens with zero attached hydrogens (tertiary/aromatic N) is 14. The molecule has 0 aliphatic carbocycles. The molecule has 3 aromatic carbocycles. The zero-order valence-corrected chi connectivity index (χ0v) is 70.8. The lowest BCUT2D eigenvalue weighted by molar-refractivity contribution is -0.137. The van der Waals surface area contributed by atoms with E-state index in [9.17, 15) is 57.5 Å². The first-order valence-corrected chi connectivity index (χ1v) is 36.8. The molecule has 0 N–H and O–H groups in total. The predicted molar refractivity (Wildman–Crippen MR) is 494 cm³/mol. The number of rotatable bonds is 0. The Morgan fingerprint density at radius 2 is 0.802 bits per heavy atom. The number of para-hydroxylation sites is 1. The van der Waals surface area contributed by atoms with Gasteiger partial charge in [0.1, 0.15) is 5.54 Å². The first-order chi connectivity index (χ1) is 50.7. The highest BCUT2D eigenvalue weighted by Crippen LogP contribution is 2.32. The van der Waals surface area contributed by atoms with Crippen LogP contribution in [0.3, 0.4) is 0 Å². The standard InChI is InChI=1S/C10H11NO.C10H11N.C9H7NO2.C7H12N2O2.C5H9N3O2.C5H7NO2.C5H5NO2.C5H9NO.C5H7N.C4H6N2.8C2H6.9CH4/c1-7-8-5-3-4-6-9(8)10(12)11(7)2;1-8-7-9-5-3-4-6-10(9)11(8)2;1-10-8(11)6-4-2-3-5-7(6)9(10)12;1-7(2)5(10)8(3)6(11)9(7)4;1-6-4(9)7(2)8(3)5(6)10;2*1-6-4(7)2-3-5(6)8;1-6-4-2-3-5(6)7;1-6-4-2-3-5-6;1-6-3-2-5-4-6;8*1-2;;;;;;;;;/h3-7H,1-2H3;3-6H,1,7H2,2H3;2-5H,1H3;1-4H3;1-3H3;2-3H2,1H3;2-3H,1H3;2-4H2,1H3;2-5H,1H3;2-4H,1H3;8*1-2H3;9*1H4. The molecular weight excluding hydrogens is 1470 g/mol. The Morgan fingerprint density at radius 3 is 1.03 bits per heavy atom. The van der Waals surface area contributed by atoms with Gasteiger partial charge in [0.05, 0.1) is 23.5 Å². The smallest absolute Gasteiger partial charge is 0.346 e. The first-order valence-electron chi connectivity index (χ1n) is 36.8. The maximum atomic E-state index is 11.5. The summed E-state index contributed by atoms with van der Waals surface area (Å²) < 4.78 is 7.45. The maximum Gasteiger partial charge on any atom is 0.346 e. The Bertz CT molecular complexity index is 3660. The summed E-state index contributed by atoms with van der Waals surface area (Å²) in [6, 6.07) is 27.0.